The third kappa shape index (κ3) is 8.18. The predicted octanol–water partition coefficient (Wildman–Crippen LogP) is 8.81. The topological polar surface area (TPSA) is 76.8 Å². The van der Waals surface area contributed by atoms with Crippen molar-refractivity contribution >= 4 is 32.9 Å². The SMILES string of the molecule is CO[C@@H](C)c1ncc(C2CCN(C(=O)OCc3ccccc3)CC2)cc1-c1c(CC(C)(C)CO)c2cc(Br)ccc2n1CC(F)(F)F. The Labute approximate surface area is 281 Å². The van der Waals surface area contributed by atoms with E-state index in [1.807, 2.05) is 63.2 Å². The highest BCUT2D eigenvalue weighted by molar-refractivity contribution is 9.10. The molecule has 0 radical (unpaired) electrons. The second kappa shape index (κ2) is 14.4. The zero-order valence-electron chi connectivity index (χ0n) is 27.1. The van der Waals surface area contributed by atoms with Crippen molar-refractivity contribution in [1.29, 1.82) is 0 Å². The largest absolute Gasteiger partial charge is 0.445 e. The Morgan fingerprint density at radius 1 is 1.11 bits per heavy atom. The van der Waals surface area contributed by atoms with Gasteiger partial charge in [-0.25, -0.2) is 4.79 Å². The fourth-order valence-electron chi connectivity index (χ4n) is 6.31. The van der Waals surface area contributed by atoms with E-state index >= 15 is 0 Å². The Morgan fingerprint density at radius 3 is 2.45 bits per heavy atom. The van der Waals surface area contributed by atoms with Gasteiger partial charge in [0.15, 0.2) is 0 Å². The molecule has 1 atom stereocenters. The van der Waals surface area contributed by atoms with Crippen molar-refractivity contribution in [3.05, 3.63) is 87.7 Å². The molecule has 7 nitrogen and oxygen atoms in total. The average molecular weight is 717 g/mol. The van der Waals surface area contributed by atoms with Crippen LogP contribution in [0.4, 0.5) is 18.0 Å². The Morgan fingerprint density at radius 2 is 1.81 bits per heavy atom. The molecule has 1 fully saturated rings. The quantitative estimate of drug-likeness (QED) is 0.178. The van der Waals surface area contributed by atoms with Crippen LogP contribution in [0.5, 0.6) is 0 Å². The number of piperidine rings is 1. The highest BCUT2D eigenvalue weighted by Gasteiger charge is 2.35. The molecule has 1 N–H and O–H groups in total. The molecule has 4 aromatic rings. The van der Waals surface area contributed by atoms with Gasteiger partial charge in [0.25, 0.3) is 0 Å². The summed E-state index contributed by atoms with van der Waals surface area (Å²) < 4.78 is 56.1. The lowest BCUT2D eigenvalue weighted by Crippen LogP contribution is -2.38. The van der Waals surface area contributed by atoms with Crippen LogP contribution >= 0.6 is 15.9 Å². The lowest BCUT2D eigenvalue weighted by atomic mass is 9.83. The normalized spacial score (nSPS) is 15.3. The van der Waals surface area contributed by atoms with Crippen LogP contribution in [0.25, 0.3) is 22.2 Å². The molecule has 1 saturated heterocycles. The summed E-state index contributed by atoms with van der Waals surface area (Å²) in [6.45, 7) is 5.47. The summed E-state index contributed by atoms with van der Waals surface area (Å²) >= 11 is 3.51. The van der Waals surface area contributed by atoms with Gasteiger partial charge in [-0.3, -0.25) is 4.98 Å². The minimum absolute atomic E-state index is 0.0400. The molecule has 3 heterocycles. The van der Waals surface area contributed by atoms with Gasteiger partial charge in [-0.1, -0.05) is 60.1 Å². The van der Waals surface area contributed by atoms with Gasteiger partial charge < -0.3 is 24.0 Å². The number of carbonyl (C=O) groups excluding carboxylic acids is 1. The third-order valence-electron chi connectivity index (χ3n) is 8.91. The van der Waals surface area contributed by atoms with Crippen LogP contribution in [0.3, 0.4) is 0 Å². The zero-order chi connectivity index (χ0) is 33.9. The lowest BCUT2D eigenvalue weighted by molar-refractivity contribution is -0.139. The minimum Gasteiger partial charge on any atom is -0.445 e. The maximum Gasteiger partial charge on any atom is 0.410 e. The highest BCUT2D eigenvalue weighted by atomic mass is 79.9. The van der Waals surface area contributed by atoms with Gasteiger partial charge in [-0.2, -0.15) is 13.2 Å². The van der Waals surface area contributed by atoms with Gasteiger partial charge in [-0.15, -0.1) is 0 Å². The number of pyridine rings is 1. The summed E-state index contributed by atoms with van der Waals surface area (Å²) in [5.41, 5.74) is 3.89. The van der Waals surface area contributed by atoms with Crippen LogP contribution in [0.1, 0.15) is 68.0 Å². The summed E-state index contributed by atoms with van der Waals surface area (Å²) in [4.78, 5) is 19.3. The fourth-order valence-corrected chi connectivity index (χ4v) is 6.67. The van der Waals surface area contributed by atoms with E-state index in [0.717, 1.165) is 15.6 Å². The number of hydrogen-bond acceptors (Lipinski definition) is 5. The van der Waals surface area contributed by atoms with E-state index < -0.39 is 24.2 Å². The van der Waals surface area contributed by atoms with Crippen LogP contribution in [-0.2, 0) is 29.0 Å². The number of amides is 1. The number of hydrogen-bond donors (Lipinski definition) is 1. The molecule has 11 heteroatoms. The van der Waals surface area contributed by atoms with Crippen LogP contribution in [0.2, 0.25) is 0 Å². The molecule has 0 saturated carbocycles. The highest BCUT2D eigenvalue weighted by Crippen LogP contribution is 2.43. The van der Waals surface area contributed by atoms with E-state index in [2.05, 4.69) is 15.9 Å². The second-order valence-electron chi connectivity index (χ2n) is 13.1. The van der Waals surface area contributed by atoms with Gasteiger partial charge in [0.2, 0.25) is 0 Å². The van der Waals surface area contributed by atoms with Crippen LogP contribution in [0.15, 0.2) is 65.3 Å². The Balaban J connectivity index is 1.54. The summed E-state index contributed by atoms with van der Waals surface area (Å²) in [6, 6.07) is 16.8. The van der Waals surface area contributed by atoms with E-state index in [-0.39, 0.29) is 25.2 Å². The molecule has 0 aliphatic carbocycles. The monoisotopic (exact) mass is 715 g/mol. The third-order valence-corrected chi connectivity index (χ3v) is 9.41. The Hall–Kier alpha value is -3.41. The number of carbonyl (C=O) groups is 1. The molecule has 252 valence electrons. The first-order chi connectivity index (χ1) is 22.3. The van der Waals surface area contributed by atoms with E-state index in [4.69, 9.17) is 14.5 Å². The molecule has 1 aliphatic rings. The van der Waals surface area contributed by atoms with Crippen molar-refractivity contribution in [2.75, 3.05) is 26.8 Å². The summed E-state index contributed by atoms with van der Waals surface area (Å²) in [7, 11) is 1.55. The first kappa shape index (κ1) is 34.9. The number of halogens is 4. The fraction of sp³-hybridized carbons (Fsp3) is 0.444. The van der Waals surface area contributed by atoms with E-state index in [1.165, 1.54) is 4.57 Å². The molecule has 1 aliphatic heterocycles. The maximum atomic E-state index is 14.3. The van der Waals surface area contributed by atoms with Gasteiger partial charge in [-0.05, 0) is 78.5 Å². The van der Waals surface area contributed by atoms with Crippen molar-refractivity contribution in [1.82, 2.24) is 14.5 Å². The second-order valence-corrected chi connectivity index (χ2v) is 14.0. The van der Waals surface area contributed by atoms with E-state index in [1.54, 1.807) is 30.3 Å². The van der Waals surface area contributed by atoms with E-state index in [0.29, 0.717) is 65.8 Å². The van der Waals surface area contributed by atoms with Crippen LogP contribution in [-0.4, -0.2) is 58.6 Å². The Kier molecular flexibility index (Phi) is 10.7. The lowest BCUT2D eigenvalue weighted by Gasteiger charge is -2.32. The first-order valence-electron chi connectivity index (χ1n) is 15.8. The number of nitrogens with zero attached hydrogens (tertiary/aromatic N) is 3. The van der Waals surface area contributed by atoms with Gasteiger partial charge >= 0.3 is 12.3 Å². The maximum absolute atomic E-state index is 14.3. The summed E-state index contributed by atoms with van der Waals surface area (Å²) in [6.07, 6.45) is -1.92. The number of methoxy groups -OCH3 is 1. The number of ether oxygens (including phenoxy) is 2. The van der Waals surface area contributed by atoms with Crippen LogP contribution < -0.4 is 0 Å². The van der Waals surface area contributed by atoms with Gasteiger partial charge in [0.05, 0.1) is 17.5 Å². The van der Waals surface area contributed by atoms with E-state index in [9.17, 15) is 23.1 Å². The Bertz CT molecular complexity index is 1700. The van der Waals surface area contributed by atoms with Crippen molar-refractivity contribution in [3.8, 4) is 11.3 Å². The number of benzene rings is 2. The number of rotatable bonds is 10. The van der Waals surface area contributed by atoms with Crippen LogP contribution in [0, 0.1) is 5.41 Å². The summed E-state index contributed by atoms with van der Waals surface area (Å²) in [5.74, 6) is 0.0400. The van der Waals surface area contributed by atoms with Crippen molar-refractivity contribution in [2.45, 2.75) is 71.4 Å². The van der Waals surface area contributed by atoms with Gasteiger partial charge in [0, 0.05) is 53.9 Å². The minimum atomic E-state index is -4.49. The molecule has 0 unspecified atom stereocenters. The zero-order valence-corrected chi connectivity index (χ0v) is 28.7. The number of likely N-dealkylation sites (tertiary alicyclic amines) is 1. The molecule has 5 rings (SSSR count). The molecule has 47 heavy (non-hydrogen) atoms. The van der Waals surface area contributed by atoms with Crippen molar-refractivity contribution in [3.63, 3.8) is 0 Å². The molecular weight excluding hydrogens is 675 g/mol. The molecule has 2 aromatic heterocycles. The number of fused-ring (bicyclic) bond motifs is 1. The number of aliphatic hydroxyl groups excluding tert-OH is 1. The van der Waals surface area contributed by atoms with Gasteiger partial charge in [0.1, 0.15) is 13.2 Å². The number of aromatic nitrogens is 2. The van der Waals surface area contributed by atoms with Crippen molar-refractivity contribution in [2.24, 2.45) is 5.41 Å². The van der Waals surface area contributed by atoms with Crippen molar-refractivity contribution < 1.29 is 32.5 Å². The molecule has 2 aromatic carbocycles. The predicted molar refractivity (Wildman–Crippen MR) is 179 cm³/mol. The standard InChI is InChI=1S/C36H41BrF3N3O4/c1-23(46-4)32-29(16-26(19-41-32)25-12-14-42(15-13-25)34(45)47-20-24-8-6-5-7-9-24)33-30(18-35(2,3)22-44)28-17-27(37)10-11-31(28)43(33)21-36(38,39)40/h5-11,16-17,19,23,25,44H,12-15,18,20-22H2,1-4H3/t23-/m0/s1. The summed E-state index contributed by atoms with van der Waals surface area (Å²) in [5, 5.41) is 10.9. The molecule has 0 bridgehead atoms. The number of alkyl halides is 3. The molecular formula is C36H41BrF3N3O4. The smallest absolute Gasteiger partial charge is 0.410 e. The molecule has 0 spiro atoms. The first-order valence-corrected chi connectivity index (χ1v) is 16.6. The number of aliphatic hydroxyl groups is 1. The average Bonchev–Trinajstić information content (AvgIpc) is 3.32. The molecule has 1 amide bonds.